The molecule has 5 aromatic rings. The van der Waals surface area contributed by atoms with E-state index >= 15 is 0 Å². The molecule has 1 saturated carbocycles. The molecule has 5 heterocycles. The number of amides is 1. The Morgan fingerprint density at radius 3 is 1.63 bits per heavy atom. The Morgan fingerprint density at radius 1 is 0.590 bits per heavy atom. The van der Waals surface area contributed by atoms with Crippen molar-refractivity contribution in [2.45, 2.75) is 221 Å². The van der Waals surface area contributed by atoms with E-state index in [1.807, 2.05) is 41.5 Å². The predicted octanol–water partition coefficient (Wildman–Crippen LogP) is 3.59. The third-order valence-corrected chi connectivity index (χ3v) is 17.3. The Hall–Kier alpha value is -7.50. The largest absolute Gasteiger partial charge is 0.487 e. The molecule has 3 fully saturated rings. The average Bonchev–Trinajstić information content (AvgIpc) is 1.58. The first-order valence-corrected chi connectivity index (χ1v) is 34.1. The first-order valence-electron chi connectivity index (χ1n) is 34.1. The van der Waals surface area contributed by atoms with Crippen molar-refractivity contribution in [1.82, 2.24) is 50.3 Å². The highest BCUT2D eigenvalue weighted by molar-refractivity contribution is 5.80. The minimum Gasteiger partial charge on any atom is -0.487 e. The fraction of sp³-hybridized carbons (Fsp3) is 0.676. The number of aliphatic hydroxyl groups is 8. The fourth-order valence-corrected chi connectivity index (χ4v) is 11.2. The molecule has 0 spiro atoms. The quantitative estimate of drug-likeness (QED) is 0.0180. The summed E-state index contributed by atoms with van der Waals surface area (Å²) in [6.45, 7) is 23.5. The summed E-state index contributed by atoms with van der Waals surface area (Å²) < 4.78 is 61.1. The van der Waals surface area contributed by atoms with Gasteiger partial charge in [0.25, 0.3) is 0 Å². The number of carbonyl (C=O) groups is 4. The summed E-state index contributed by atoms with van der Waals surface area (Å²) in [4.78, 5) is 47.3. The molecule has 32 heteroatoms. The topological polar surface area (TPSA) is 427 Å². The number of carbonyl (C=O) groups excluding carboxylic acids is 4. The number of alkyl carbamates (subject to hydrolysis) is 1. The van der Waals surface area contributed by atoms with E-state index in [9.17, 15) is 60.0 Å². The van der Waals surface area contributed by atoms with Gasteiger partial charge in [-0.15, -0.1) is 15.3 Å². The van der Waals surface area contributed by atoms with Crippen molar-refractivity contribution in [3.8, 4) is 23.0 Å². The summed E-state index contributed by atoms with van der Waals surface area (Å²) in [5.74, 6) is 1.75. The molecule has 9 rings (SSSR count). The number of hydrogen-bond donors (Lipinski definition) is 9. The van der Waals surface area contributed by atoms with Gasteiger partial charge in [-0.25, -0.2) is 18.8 Å². The van der Waals surface area contributed by atoms with Crippen LogP contribution in [0.5, 0.6) is 23.0 Å². The van der Waals surface area contributed by atoms with Crippen LogP contribution in [0.1, 0.15) is 154 Å². The maximum Gasteiger partial charge on any atom is 0.407 e. The lowest BCUT2D eigenvalue weighted by atomic mass is 9.99. The van der Waals surface area contributed by atoms with Gasteiger partial charge >= 0.3 is 18.0 Å². The number of nitrogens with zero attached hydrogens (tertiary/aromatic N) is 9. The van der Waals surface area contributed by atoms with Gasteiger partial charge in [0.15, 0.2) is 0 Å². The third-order valence-electron chi connectivity index (χ3n) is 17.3. The van der Waals surface area contributed by atoms with Crippen LogP contribution in [0.15, 0.2) is 48.8 Å². The van der Waals surface area contributed by atoms with Gasteiger partial charge in [0, 0.05) is 60.3 Å². The summed E-state index contributed by atoms with van der Waals surface area (Å²) in [6, 6.07) is 9.98. The number of aliphatic hydroxyl groups excluding tert-OH is 8. The molecule has 2 aromatic carbocycles. The Labute approximate surface area is 581 Å². The Kier molecular flexibility index (Phi) is 30.3. The molecule has 0 radical (unpaired) electrons. The number of benzene rings is 2. The van der Waals surface area contributed by atoms with Crippen LogP contribution in [0, 0.1) is 35.5 Å². The van der Waals surface area contributed by atoms with Gasteiger partial charge in [-0.2, -0.15) is 0 Å². The van der Waals surface area contributed by atoms with Crippen LogP contribution in [0.3, 0.4) is 0 Å². The van der Waals surface area contributed by atoms with Crippen molar-refractivity contribution in [2.75, 3.05) is 39.6 Å². The minimum atomic E-state index is -1.57. The summed E-state index contributed by atoms with van der Waals surface area (Å²) in [6.07, 6.45) is -6.62. The number of aromatic nitrogens is 9. The summed E-state index contributed by atoms with van der Waals surface area (Å²) in [5.41, 5.74) is 4.87. The SMILES string of the molecule is CC(C)C(=O)CCOCCNC(=O)OCC1C2CCc3nnn(C(C)C)c3CCC21.CC(C)C(=O)OCc1ccc(O[C@@H]2O[C@H](CO)[C@@H](O)[C@H](O)[C@H]2O)cc1OCc1cn(C(C)C)nn1.CC(C)C(=O)OCc1ccc(O[C@@H]2O[C@H](CO)[C@@H](O)[C@H](O)[C@H]2O)cc1OCc1cnnn1C(C)C. The lowest BCUT2D eigenvalue weighted by molar-refractivity contribution is -0.277. The van der Waals surface area contributed by atoms with E-state index in [0.717, 1.165) is 37.1 Å². The van der Waals surface area contributed by atoms with Crippen molar-refractivity contribution in [3.05, 3.63) is 82.7 Å². The molecule has 2 aliphatic heterocycles. The number of nitrogens with one attached hydrogen (secondary N) is 1. The second-order valence-electron chi connectivity index (χ2n) is 26.9. The number of fused-ring (bicyclic) bond motifs is 2. The number of ketones is 1. The van der Waals surface area contributed by atoms with Gasteiger partial charge in [-0.05, 0) is 109 Å². The first kappa shape index (κ1) is 79.8. The molecular formula is C68H102N10O22. The molecular weight excluding hydrogens is 1310 g/mol. The van der Waals surface area contributed by atoms with E-state index in [-0.39, 0.29) is 85.5 Å². The highest BCUT2D eigenvalue weighted by Crippen LogP contribution is 2.53. The fourth-order valence-electron chi connectivity index (χ4n) is 11.2. The Balaban J connectivity index is 0.000000211. The standard InChI is InChI=1S/2C23H33N3O9.C22H36N4O4/c1-12(2)22(31)33-10-14-5-6-16(34-23-21(30)20(29)19(28)18(9-27)35-23)7-17(14)32-11-15-8-26(13(3)4)25-24-15;1-12(2)22(31)33-10-14-5-6-16(34-23-21(30)20(29)19(28)18(9-27)35-23)7-17(14)32-11-15-8-24-25-26(15)13(3)4;1-14(2)21(27)9-11-29-12-10-23-22(28)30-13-18-16-5-7-19-20(8-6-17(16)18)26(15(3)4)25-24-19/h2*5-8,12-13,18-21,23,27-30H,9-11H2,1-4H3;14-18H,5-13H2,1-4H3,(H,23,28)/t2*18-,19-,20+,21-,23-;/m11./s1. The molecule has 2 saturated heterocycles. The minimum absolute atomic E-state index is 0.0334. The van der Waals surface area contributed by atoms with Crippen LogP contribution in [-0.2, 0) is 82.1 Å². The molecule has 0 bridgehead atoms. The van der Waals surface area contributed by atoms with Crippen LogP contribution in [0.2, 0.25) is 0 Å². The lowest BCUT2D eigenvalue weighted by Gasteiger charge is -2.39. The smallest absolute Gasteiger partial charge is 0.407 e. The molecule has 2 aliphatic carbocycles. The van der Waals surface area contributed by atoms with E-state index in [2.05, 4.69) is 54.8 Å². The molecule has 3 unspecified atom stereocenters. The number of Topliss-reactive ketones (excluding diaryl/α,β-unsaturated/α-hetero) is 1. The summed E-state index contributed by atoms with van der Waals surface area (Å²) in [5, 5.41) is 107. The van der Waals surface area contributed by atoms with Crippen LogP contribution >= 0.6 is 0 Å². The summed E-state index contributed by atoms with van der Waals surface area (Å²) >= 11 is 0. The van der Waals surface area contributed by atoms with Crippen LogP contribution in [0.25, 0.3) is 0 Å². The van der Waals surface area contributed by atoms with E-state index < -0.39 is 80.7 Å². The van der Waals surface area contributed by atoms with Gasteiger partial charge in [0.05, 0.1) is 74.3 Å². The monoisotopic (exact) mass is 1410 g/mol. The van der Waals surface area contributed by atoms with Gasteiger partial charge in [0.1, 0.15) is 110 Å². The number of ether oxygens (including phenoxy) is 10. The van der Waals surface area contributed by atoms with Crippen molar-refractivity contribution < 1.29 is 107 Å². The Morgan fingerprint density at radius 2 is 1.13 bits per heavy atom. The van der Waals surface area contributed by atoms with E-state index in [4.69, 9.17) is 47.4 Å². The van der Waals surface area contributed by atoms with Crippen molar-refractivity contribution in [3.63, 3.8) is 0 Å². The van der Waals surface area contributed by atoms with Crippen LogP contribution < -0.4 is 24.3 Å². The maximum atomic E-state index is 12.0. The normalized spacial score (nSPS) is 24.0. The second-order valence-corrected chi connectivity index (χ2v) is 26.9. The molecule has 13 atom stereocenters. The molecule has 3 aromatic heterocycles. The highest BCUT2D eigenvalue weighted by Gasteiger charge is 2.51. The van der Waals surface area contributed by atoms with Gasteiger partial charge in [0.2, 0.25) is 12.6 Å². The molecule has 1 amide bonds. The number of esters is 2. The highest BCUT2D eigenvalue weighted by atomic mass is 16.7. The Bertz CT molecular complexity index is 3370. The van der Waals surface area contributed by atoms with Crippen molar-refractivity contribution in [2.24, 2.45) is 35.5 Å². The van der Waals surface area contributed by atoms with Crippen LogP contribution in [-0.4, -0.2) is 211 Å². The van der Waals surface area contributed by atoms with Crippen LogP contribution in [0.4, 0.5) is 4.79 Å². The van der Waals surface area contributed by atoms with Crippen molar-refractivity contribution in [1.29, 1.82) is 0 Å². The first-order chi connectivity index (χ1) is 47.6. The van der Waals surface area contributed by atoms with Gasteiger partial charge in [-0.1, -0.05) is 57.2 Å². The second kappa shape index (κ2) is 38.0. The third kappa shape index (κ3) is 22.3. The molecule has 100 heavy (non-hydrogen) atoms. The number of aryl methyl sites for hydroxylation is 1. The molecule has 4 aliphatic rings. The zero-order valence-electron chi connectivity index (χ0n) is 59.0. The van der Waals surface area contributed by atoms with E-state index in [1.165, 1.54) is 17.8 Å². The zero-order valence-corrected chi connectivity index (χ0v) is 59.0. The molecule has 9 N–H and O–H groups in total. The molecule has 556 valence electrons. The van der Waals surface area contributed by atoms with E-state index in [1.54, 1.807) is 73.7 Å². The predicted molar refractivity (Wildman–Crippen MR) is 353 cm³/mol. The van der Waals surface area contributed by atoms with Gasteiger partial charge < -0.3 is 93.5 Å². The molecule has 32 nitrogen and oxygen atoms in total. The maximum absolute atomic E-state index is 12.0. The summed E-state index contributed by atoms with van der Waals surface area (Å²) in [7, 11) is 0. The van der Waals surface area contributed by atoms with Gasteiger partial charge in [-0.3, -0.25) is 14.4 Å². The van der Waals surface area contributed by atoms with E-state index in [0.29, 0.717) is 84.9 Å². The number of hydrogen-bond acceptors (Lipinski definition) is 28. The number of rotatable bonds is 30. The lowest BCUT2D eigenvalue weighted by Crippen LogP contribution is -2.60. The average molecular weight is 1410 g/mol. The van der Waals surface area contributed by atoms with Crippen molar-refractivity contribution >= 4 is 23.8 Å². The zero-order chi connectivity index (χ0) is 73.1.